The molecule has 9 nitrogen and oxygen atoms in total. The van der Waals surface area contributed by atoms with Crippen LogP contribution >= 0.6 is 11.6 Å². The number of nitrogens with zero attached hydrogens (tertiary/aromatic N) is 3. The van der Waals surface area contributed by atoms with Crippen LogP contribution in [-0.2, 0) is 34.3 Å². The van der Waals surface area contributed by atoms with Crippen molar-refractivity contribution >= 4 is 44.1 Å². The molecule has 0 saturated heterocycles. The molecule has 12 heteroatoms. The van der Waals surface area contributed by atoms with Crippen LogP contribution in [0.4, 0.5) is 10.1 Å². The summed E-state index contributed by atoms with van der Waals surface area (Å²) in [6, 6.07) is 30.2. The summed E-state index contributed by atoms with van der Waals surface area (Å²) < 4.78 is 57.2. The van der Waals surface area contributed by atoms with Gasteiger partial charge in [0.2, 0.25) is 15.9 Å². The van der Waals surface area contributed by atoms with Crippen molar-refractivity contribution in [2.24, 2.45) is 0 Å². The predicted octanol–water partition coefficient (Wildman–Crippen LogP) is 8.03. The van der Waals surface area contributed by atoms with Gasteiger partial charge in [0.05, 0.1) is 37.1 Å². The summed E-state index contributed by atoms with van der Waals surface area (Å²) in [4.78, 5) is 13.2. The zero-order valence-electron chi connectivity index (χ0n) is 28.2. The van der Waals surface area contributed by atoms with E-state index in [0.29, 0.717) is 33.0 Å². The molecule has 1 amide bonds. The van der Waals surface area contributed by atoms with E-state index in [0.717, 1.165) is 16.7 Å². The van der Waals surface area contributed by atoms with E-state index in [1.54, 1.807) is 91.8 Å². The predicted molar refractivity (Wildman–Crippen MR) is 196 cm³/mol. The maximum absolute atomic E-state index is 14.9. The van der Waals surface area contributed by atoms with Gasteiger partial charge in [-0.25, -0.2) is 12.8 Å². The first-order valence-corrected chi connectivity index (χ1v) is 17.9. The summed E-state index contributed by atoms with van der Waals surface area (Å²) in [7, 11) is -1.13. The molecule has 262 valence electrons. The number of sulfonamides is 1. The van der Waals surface area contributed by atoms with E-state index in [-0.39, 0.29) is 47.9 Å². The van der Waals surface area contributed by atoms with Crippen LogP contribution in [-0.4, -0.2) is 42.6 Å². The lowest BCUT2D eigenvalue weighted by Crippen LogP contribution is -2.30. The third-order valence-electron chi connectivity index (χ3n) is 8.60. The Morgan fingerprint density at radius 1 is 0.882 bits per heavy atom. The number of methoxy groups -OCH3 is 2. The van der Waals surface area contributed by atoms with E-state index in [1.165, 1.54) is 22.5 Å². The van der Waals surface area contributed by atoms with Gasteiger partial charge in [-0.1, -0.05) is 66.2 Å². The minimum Gasteiger partial charge on any atom is -0.497 e. The smallest absolute Gasteiger partial charge is 0.244 e. The van der Waals surface area contributed by atoms with Crippen LogP contribution in [0.5, 0.6) is 11.5 Å². The van der Waals surface area contributed by atoms with Gasteiger partial charge in [0, 0.05) is 35.4 Å². The Morgan fingerprint density at radius 2 is 1.47 bits per heavy atom. The van der Waals surface area contributed by atoms with E-state index in [1.807, 2.05) is 31.2 Å². The Hall–Kier alpha value is -5.23. The van der Waals surface area contributed by atoms with Crippen LogP contribution < -0.4 is 14.8 Å². The van der Waals surface area contributed by atoms with Crippen molar-refractivity contribution < 1.29 is 27.1 Å². The third-order valence-corrected chi connectivity index (χ3v) is 10.8. The summed E-state index contributed by atoms with van der Waals surface area (Å²) in [5, 5.41) is 8.43. The molecule has 1 atom stereocenters. The Morgan fingerprint density at radius 3 is 2.04 bits per heavy atom. The molecule has 1 heterocycles. The van der Waals surface area contributed by atoms with Crippen molar-refractivity contribution in [3.8, 4) is 11.5 Å². The standard InChI is InChI=1S/C39H36ClFN4O5S/c1-26(29-12-14-31(41)15-13-29)45-25-35-37(43-45)21-32(42-39(46)20-30-6-4-5-7-36(30)40)22-38(35)51(47,48)44(23-27-8-16-33(49-2)17-9-27)24-28-10-18-34(50-3)19-11-28/h4-19,21-22,25-26H,20,23-24H2,1-3H3,(H,42,46). The van der Waals surface area contributed by atoms with Gasteiger partial charge >= 0.3 is 0 Å². The second-order valence-corrected chi connectivity index (χ2v) is 14.3. The minimum atomic E-state index is -4.27. The van der Waals surface area contributed by atoms with Gasteiger partial charge < -0.3 is 14.8 Å². The van der Waals surface area contributed by atoms with Crippen molar-refractivity contribution in [1.82, 2.24) is 14.1 Å². The highest BCUT2D eigenvalue weighted by Crippen LogP contribution is 2.33. The highest BCUT2D eigenvalue weighted by atomic mass is 35.5. The number of amides is 1. The topological polar surface area (TPSA) is 103 Å². The van der Waals surface area contributed by atoms with Gasteiger partial charge in [-0.3, -0.25) is 9.48 Å². The fourth-order valence-electron chi connectivity index (χ4n) is 5.74. The number of fused-ring (bicyclic) bond motifs is 1. The van der Waals surface area contributed by atoms with Crippen molar-refractivity contribution in [3.05, 3.63) is 148 Å². The lowest BCUT2D eigenvalue weighted by Gasteiger charge is -2.23. The molecule has 1 unspecified atom stereocenters. The molecule has 51 heavy (non-hydrogen) atoms. The number of hydrogen-bond acceptors (Lipinski definition) is 6. The first-order valence-electron chi connectivity index (χ1n) is 16.1. The van der Waals surface area contributed by atoms with Gasteiger partial charge in [-0.2, -0.15) is 9.40 Å². The number of anilines is 1. The number of hydrogen-bond donors (Lipinski definition) is 1. The van der Waals surface area contributed by atoms with Crippen molar-refractivity contribution in [3.63, 3.8) is 0 Å². The van der Waals surface area contributed by atoms with E-state index in [2.05, 4.69) is 5.32 Å². The Bertz CT molecular complexity index is 2210. The van der Waals surface area contributed by atoms with Crippen LogP contribution in [0.15, 0.2) is 120 Å². The maximum atomic E-state index is 14.9. The number of rotatable bonds is 13. The fourth-order valence-corrected chi connectivity index (χ4v) is 7.57. The molecule has 1 aromatic heterocycles. The summed E-state index contributed by atoms with van der Waals surface area (Å²) >= 11 is 6.32. The summed E-state index contributed by atoms with van der Waals surface area (Å²) in [6.45, 7) is 1.98. The Labute approximate surface area is 301 Å². The molecule has 0 aliphatic carbocycles. The molecule has 0 radical (unpaired) electrons. The second kappa shape index (κ2) is 15.3. The number of halogens is 2. The first-order chi connectivity index (χ1) is 24.5. The van der Waals surface area contributed by atoms with Crippen molar-refractivity contribution in [2.45, 2.75) is 37.4 Å². The van der Waals surface area contributed by atoms with Gasteiger partial charge in [-0.05, 0) is 83.8 Å². The monoisotopic (exact) mass is 726 g/mol. The average Bonchev–Trinajstić information content (AvgIpc) is 3.56. The zero-order valence-corrected chi connectivity index (χ0v) is 29.8. The number of ether oxygens (including phenoxy) is 2. The lowest BCUT2D eigenvalue weighted by atomic mass is 10.1. The lowest BCUT2D eigenvalue weighted by molar-refractivity contribution is -0.115. The largest absolute Gasteiger partial charge is 0.497 e. The van der Waals surface area contributed by atoms with Crippen LogP contribution in [0.1, 0.15) is 35.2 Å². The number of nitrogens with one attached hydrogen (secondary N) is 1. The van der Waals surface area contributed by atoms with E-state index < -0.39 is 10.0 Å². The number of carbonyl (C=O) groups is 1. The van der Waals surface area contributed by atoms with E-state index in [4.69, 9.17) is 26.2 Å². The van der Waals surface area contributed by atoms with Crippen LogP contribution in [0, 0.1) is 5.82 Å². The molecule has 0 spiro atoms. The molecular formula is C39H36ClFN4O5S. The van der Waals surface area contributed by atoms with Crippen LogP contribution in [0.3, 0.4) is 0 Å². The average molecular weight is 727 g/mol. The molecule has 0 aliphatic rings. The van der Waals surface area contributed by atoms with Gasteiger partial charge in [0.15, 0.2) is 0 Å². The summed E-state index contributed by atoms with van der Waals surface area (Å²) in [6.07, 6.45) is 1.65. The quantitative estimate of drug-likeness (QED) is 0.129. The molecule has 0 aliphatic heterocycles. The molecule has 0 saturated carbocycles. The molecule has 0 bridgehead atoms. The molecule has 5 aromatic carbocycles. The molecule has 0 fully saturated rings. The van der Waals surface area contributed by atoms with Crippen molar-refractivity contribution in [2.75, 3.05) is 19.5 Å². The zero-order chi connectivity index (χ0) is 36.1. The SMILES string of the molecule is COc1ccc(CN(Cc2ccc(OC)cc2)S(=O)(=O)c2cc(NC(=O)Cc3ccccc3Cl)cc3nn(C(C)c4ccc(F)cc4)cc23)cc1. The number of aromatic nitrogens is 2. The Kier molecular flexibility index (Phi) is 10.7. The maximum Gasteiger partial charge on any atom is 0.244 e. The molecule has 1 N–H and O–H groups in total. The van der Waals surface area contributed by atoms with Gasteiger partial charge in [-0.15, -0.1) is 0 Å². The van der Waals surface area contributed by atoms with Crippen molar-refractivity contribution in [1.29, 1.82) is 0 Å². The molecular weight excluding hydrogens is 691 g/mol. The van der Waals surface area contributed by atoms with Gasteiger partial charge in [0.1, 0.15) is 17.3 Å². The van der Waals surface area contributed by atoms with Crippen LogP contribution in [0.2, 0.25) is 5.02 Å². The fraction of sp³-hybridized carbons (Fsp3) is 0.179. The normalized spacial score (nSPS) is 12.2. The highest BCUT2D eigenvalue weighted by molar-refractivity contribution is 7.89. The molecule has 6 aromatic rings. The van der Waals surface area contributed by atoms with E-state index >= 15 is 0 Å². The highest BCUT2D eigenvalue weighted by Gasteiger charge is 2.29. The third kappa shape index (κ3) is 8.23. The number of benzene rings is 5. The number of carbonyl (C=O) groups excluding carboxylic acids is 1. The van der Waals surface area contributed by atoms with E-state index in [9.17, 15) is 17.6 Å². The van der Waals surface area contributed by atoms with Crippen LogP contribution in [0.25, 0.3) is 10.9 Å². The summed E-state index contributed by atoms with van der Waals surface area (Å²) in [5.74, 6) is 0.551. The molecule has 6 rings (SSSR count). The summed E-state index contributed by atoms with van der Waals surface area (Å²) in [5.41, 5.74) is 3.51. The first kappa shape index (κ1) is 35.6. The second-order valence-electron chi connectivity index (χ2n) is 12.0. The minimum absolute atomic E-state index is 0.0170. The Balaban J connectivity index is 1.44. The van der Waals surface area contributed by atoms with Gasteiger partial charge in [0.25, 0.3) is 0 Å².